The average Bonchev–Trinajstić information content (AvgIpc) is 2.00. The Morgan fingerprint density at radius 2 is 1.44 bits per heavy atom. The minimum Gasteiger partial charge on any atom is -0.355 e. The highest BCUT2D eigenvalue weighted by atomic mass is 33.1. The fourth-order valence-electron chi connectivity index (χ4n) is 0.481. The van der Waals surface area contributed by atoms with Crippen molar-refractivity contribution >= 4 is 21.6 Å². The van der Waals surface area contributed by atoms with Crippen LogP contribution < -0.4 is 0 Å². The first-order valence-electron chi connectivity index (χ1n) is 2.90. The van der Waals surface area contributed by atoms with Gasteiger partial charge in [0.15, 0.2) is 0 Å². The van der Waals surface area contributed by atoms with E-state index in [0.29, 0.717) is 6.79 Å². The van der Waals surface area contributed by atoms with Crippen LogP contribution in [0.3, 0.4) is 0 Å². The highest BCUT2D eigenvalue weighted by molar-refractivity contribution is 8.76. The molecule has 0 atom stereocenters. The summed E-state index contributed by atoms with van der Waals surface area (Å²) in [4.78, 5) is 0. The van der Waals surface area contributed by atoms with Crippen LogP contribution in [0.15, 0.2) is 0 Å². The van der Waals surface area contributed by atoms with Crippen molar-refractivity contribution in [1.29, 1.82) is 0 Å². The van der Waals surface area contributed by atoms with Crippen molar-refractivity contribution < 1.29 is 9.47 Å². The molecule has 0 aromatic rings. The van der Waals surface area contributed by atoms with E-state index in [4.69, 9.17) is 9.47 Å². The van der Waals surface area contributed by atoms with E-state index in [1.165, 1.54) is 0 Å². The molecule has 0 aliphatic carbocycles. The molecule has 1 fully saturated rings. The first-order valence-corrected chi connectivity index (χ1v) is 5.39. The van der Waals surface area contributed by atoms with Gasteiger partial charge in [-0.15, -0.1) is 0 Å². The van der Waals surface area contributed by atoms with Gasteiger partial charge in [-0.2, -0.15) is 0 Å². The summed E-state index contributed by atoms with van der Waals surface area (Å²) < 4.78 is 10.2. The zero-order chi connectivity index (χ0) is 6.36. The van der Waals surface area contributed by atoms with E-state index in [-0.39, 0.29) is 0 Å². The summed E-state index contributed by atoms with van der Waals surface area (Å²) in [6, 6.07) is 0. The van der Waals surface area contributed by atoms with E-state index >= 15 is 0 Å². The molecule has 2 nitrogen and oxygen atoms in total. The largest absolute Gasteiger partial charge is 0.355 e. The van der Waals surface area contributed by atoms with Crippen LogP contribution in [-0.2, 0) is 9.47 Å². The Bertz CT molecular complexity index is 41.4. The van der Waals surface area contributed by atoms with Crippen LogP contribution in [0.25, 0.3) is 0 Å². The molecular weight excluding hydrogens is 156 g/mol. The van der Waals surface area contributed by atoms with Gasteiger partial charge in [0.2, 0.25) is 0 Å². The van der Waals surface area contributed by atoms with Crippen LogP contribution in [0, 0.1) is 0 Å². The predicted octanol–water partition coefficient (Wildman–Crippen LogP) is 1.37. The van der Waals surface area contributed by atoms with E-state index in [9.17, 15) is 0 Å². The van der Waals surface area contributed by atoms with Crippen molar-refractivity contribution in [2.24, 2.45) is 0 Å². The van der Waals surface area contributed by atoms with Crippen LogP contribution in [-0.4, -0.2) is 31.5 Å². The summed E-state index contributed by atoms with van der Waals surface area (Å²) in [6.45, 7) is 2.11. The van der Waals surface area contributed by atoms with E-state index in [0.717, 1.165) is 24.7 Å². The van der Waals surface area contributed by atoms with Gasteiger partial charge in [0, 0.05) is 11.5 Å². The van der Waals surface area contributed by atoms with Crippen molar-refractivity contribution in [3.63, 3.8) is 0 Å². The van der Waals surface area contributed by atoms with Gasteiger partial charge in [0.1, 0.15) is 6.79 Å². The smallest absolute Gasteiger partial charge is 0.146 e. The summed E-state index contributed by atoms with van der Waals surface area (Å²) in [5, 5.41) is 0. The molecule has 1 rings (SSSR count). The van der Waals surface area contributed by atoms with Gasteiger partial charge < -0.3 is 9.47 Å². The maximum Gasteiger partial charge on any atom is 0.146 e. The molecule has 1 aliphatic heterocycles. The fourth-order valence-corrected chi connectivity index (χ4v) is 2.20. The van der Waals surface area contributed by atoms with Crippen molar-refractivity contribution in [2.45, 2.75) is 0 Å². The number of ether oxygens (including phenoxy) is 2. The lowest BCUT2D eigenvalue weighted by Gasteiger charge is -1.98. The highest BCUT2D eigenvalue weighted by Crippen LogP contribution is 2.20. The molecule has 0 saturated carbocycles. The minimum atomic E-state index is 0.473. The summed E-state index contributed by atoms with van der Waals surface area (Å²) in [5.41, 5.74) is 0. The molecular formula is C5H10O2S2. The van der Waals surface area contributed by atoms with Gasteiger partial charge in [-0.3, -0.25) is 0 Å². The third-order valence-electron chi connectivity index (χ3n) is 0.872. The van der Waals surface area contributed by atoms with E-state index in [1.54, 1.807) is 0 Å². The van der Waals surface area contributed by atoms with Gasteiger partial charge in [0.05, 0.1) is 13.2 Å². The second kappa shape index (κ2) is 5.41. The Morgan fingerprint density at radius 3 is 2.00 bits per heavy atom. The Hall–Kier alpha value is 0.620. The lowest BCUT2D eigenvalue weighted by atomic mass is 10.8. The van der Waals surface area contributed by atoms with Gasteiger partial charge >= 0.3 is 0 Å². The maximum absolute atomic E-state index is 5.10. The van der Waals surface area contributed by atoms with E-state index in [1.807, 2.05) is 21.6 Å². The van der Waals surface area contributed by atoms with Crippen molar-refractivity contribution in [1.82, 2.24) is 0 Å². The molecule has 54 valence electrons. The predicted molar refractivity (Wildman–Crippen MR) is 41.7 cm³/mol. The van der Waals surface area contributed by atoms with Crippen molar-refractivity contribution in [2.75, 3.05) is 31.5 Å². The summed E-state index contributed by atoms with van der Waals surface area (Å²) in [5.74, 6) is 2.15. The first-order chi connectivity index (χ1) is 4.50. The highest BCUT2D eigenvalue weighted by Gasteiger charge is 1.95. The van der Waals surface area contributed by atoms with Gasteiger partial charge in [0.25, 0.3) is 0 Å². The van der Waals surface area contributed by atoms with E-state index in [2.05, 4.69) is 0 Å². The number of hydrogen-bond donors (Lipinski definition) is 0. The molecule has 0 aromatic heterocycles. The summed E-state index contributed by atoms with van der Waals surface area (Å²) in [7, 11) is 3.71. The first kappa shape index (κ1) is 7.72. The second-order valence-electron chi connectivity index (χ2n) is 1.58. The molecule has 4 heteroatoms. The number of rotatable bonds is 0. The van der Waals surface area contributed by atoms with Gasteiger partial charge in [-0.05, 0) is 0 Å². The zero-order valence-corrected chi connectivity index (χ0v) is 6.80. The number of hydrogen-bond acceptors (Lipinski definition) is 4. The van der Waals surface area contributed by atoms with Crippen LogP contribution in [0.1, 0.15) is 0 Å². The SMILES string of the molecule is C1CSSCCOCO1. The zero-order valence-electron chi connectivity index (χ0n) is 5.17. The van der Waals surface area contributed by atoms with Crippen LogP contribution >= 0.6 is 21.6 Å². The molecule has 1 saturated heterocycles. The summed E-state index contributed by atoms with van der Waals surface area (Å²) in [6.07, 6.45) is 0. The molecule has 0 unspecified atom stereocenters. The Morgan fingerprint density at radius 1 is 0.889 bits per heavy atom. The lowest BCUT2D eigenvalue weighted by molar-refractivity contribution is -0.0422. The molecule has 1 heterocycles. The van der Waals surface area contributed by atoms with Crippen LogP contribution in [0.2, 0.25) is 0 Å². The van der Waals surface area contributed by atoms with E-state index < -0.39 is 0 Å². The summed E-state index contributed by atoms with van der Waals surface area (Å²) >= 11 is 0. The van der Waals surface area contributed by atoms with Crippen LogP contribution in [0.5, 0.6) is 0 Å². The minimum absolute atomic E-state index is 0.473. The third kappa shape index (κ3) is 4.08. The quantitative estimate of drug-likeness (QED) is 0.506. The Balaban J connectivity index is 2.02. The molecule has 0 aromatic carbocycles. The molecule has 0 radical (unpaired) electrons. The molecule has 1 aliphatic rings. The maximum atomic E-state index is 5.10. The molecule has 0 N–H and O–H groups in total. The molecule has 0 amide bonds. The molecule has 0 spiro atoms. The topological polar surface area (TPSA) is 18.5 Å². The Labute approximate surface area is 63.1 Å². The fraction of sp³-hybridized carbons (Fsp3) is 1.00. The second-order valence-corrected chi connectivity index (χ2v) is 4.28. The van der Waals surface area contributed by atoms with Gasteiger partial charge in [-0.25, -0.2) is 0 Å². The average molecular weight is 166 g/mol. The van der Waals surface area contributed by atoms with Crippen molar-refractivity contribution in [3.05, 3.63) is 0 Å². The normalized spacial score (nSPS) is 24.0. The molecule has 9 heavy (non-hydrogen) atoms. The third-order valence-corrected chi connectivity index (χ3v) is 3.21. The standard InChI is InChI=1S/C5H10O2S2/c1-3-8-9-4-2-7-5-6-1/h1-5H2. The lowest BCUT2D eigenvalue weighted by Crippen LogP contribution is -2.02. The monoisotopic (exact) mass is 166 g/mol. The van der Waals surface area contributed by atoms with Gasteiger partial charge in [-0.1, -0.05) is 21.6 Å². The Kier molecular flexibility index (Phi) is 4.64. The molecule has 0 bridgehead atoms. The van der Waals surface area contributed by atoms with Crippen LogP contribution in [0.4, 0.5) is 0 Å². The van der Waals surface area contributed by atoms with Crippen molar-refractivity contribution in [3.8, 4) is 0 Å².